The molecular weight excluding hydrogens is 1950 g/mol. The second-order valence-corrected chi connectivity index (χ2v) is 36.0. The molecule has 0 saturated heterocycles. The molecule has 7 aliphatic heterocycles. The van der Waals surface area contributed by atoms with Gasteiger partial charge in [-0.15, -0.1) is 12.4 Å². The molecule has 5 aromatic carbocycles. The van der Waals surface area contributed by atoms with Crippen molar-refractivity contribution in [3.8, 4) is 56.9 Å². The number of hydrogen-bond donors (Lipinski definition) is 3. The first-order chi connectivity index (χ1) is 68.6. The van der Waals surface area contributed by atoms with Crippen LogP contribution in [0.25, 0.3) is 56.9 Å². The van der Waals surface area contributed by atoms with Gasteiger partial charge in [-0.2, -0.15) is 51.0 Å². The van der Waals surface area contributed by atoms with E-state index in [9.17, 15) is 56.3 Å². The molecule has 0 spiro atoms. The highest BCUT2D eigenvalue weighted by Crippen LogP contribution is 2.38. The normalized spacial score (nSPS) is 14.3. The lowest BCUT2D eigenvalue weighted by Crippen LogP contribution is -2.41. The molecule has 0 bridgehead atoms. The minimum Gasteiger partial charge on any atom is -0.476 e. The van der Waals surface area contributed by atoms with Gasteiger partial charge < -0.3 is 26.0 Å². The maximum atomic E-state index is 13.9. The molecule has 0 aliphatic carbocycles. The Hall–Kier alpha value is -14.6. The second kappa shape index (κ2) is 45.1. The van der Waals surface area contributed by atoms with Gasteiger partial charge in [0.05, 0.1) is 115 Å². The number of Topliss-reactive ketones (excluding diaryl/α,β-unsaturated/α-hetero) is 2. The Morgan fingerprint density at radius 1 is 0.378 bits per heavy atom. The van der Waals surface area contributed by atoms with Crippen molar-refractivity contribution in [2.75, 3.05) is 32.8 Å². The molecule has 4 amide bonds. The Balaban J connectivity index is 0.000000126. The minimum absolute atomic E-state index is 0. The number of fused-ring (bicyclic) bond motifs is 17. The summed E-state index contributed by atoms with van der Waals surface area (Å²) in [4.78, 5) is 114. The minimum atomic E-state index is -1.03. The van der Waals surface area contributed by atoms with Crippen molar-refractivity contribution in [3.05, 3.63) is 294 Å². The van der Waals surface area contributed by atoms with Gasteiger partial charge in [-0.3, -0.25) is 85.4 Å². The first kappa shape index (κ1) is 101. The number of carbonyl (C=O) groups is 9. The van der Waals surface area contributed by atoms with E-state index in [1.54, 1.807) is 167 Å². The van der Waals surface area contributed by atoms with Crippen molar-refractivity contribution in [3.63, 3.8) is 0 Å². The van der Waals surface area contributed by atoms with E-state index in [1.165, 1.54) is 47.4 Å². The molecule has 44 heteroatoms. The van der Waals surface area contributed by atoms with Crippen molar-refractivity contribution in [2.45, 2.75) is 150 Å². The zero-order valence-corrected chi connectivity index (χ0v) is 81.1. The highest BCUT2D eigenvalue weighted by atomic mass is 35.5. The number of aryl methyl sites for hydroxylation is 10. The average molecular weight is 2050 g/mol. The number of ketones is 2. The lowest BCUT2D eigenvalue weighted by atomic mass is 9.92. The molecule has 5 N–H and O–H groups in total. The number of nitrogens with two attached hydrogens (primary N) is 2. The van der Waals surface area contributed by atoms with E-state index in [1.807, 2.05) is 40.2 Å². The van der Waals surface area contributed by atoms with E-state index in [2.05, 4.69) is 51.0 Å². The molecule has 36 nitrogen and oxygen atoms in total. The lowest BCUT2D eigenvalue weighted by Gasteiger charge is -2.22. The molecule has 7 aliphatic rings. The first-order valence-corrected chi connectivity index (χ1v) is 47.7. The van der Waals surface area contributed by atoms with E-state index in [0.29, 0.717) is 136 Å². The van der Waals surface area contributed by atoms with E-state index in [4.69, 9.17) is 72.5 Å². The van der Waals surface area contributed by atoms with Gasteiger partial charge in [0.2, 0.25) is 0 Å². The molecule has 3 atom stereocenters. The van der Waals surface area contributed by atoms with Crippen LogP contribution in [0.15, 0.2) is 189 Å². The number of carboxylic acid groups (broad SMARTS) is 1. The lowest BCUT2D eigenvalue weighted by molar-refractivity contribution is 0.0509. The van der Waals surface area contributed by atoms with Crippen LogP contribution < -0.4 is 11.5 Å². The number of carbonyl (C=O) groups excluding carboxylic acids is 8. The Kier molecular flexibility index (Phi) is 32.0. The van der Waals surface area contributed by atoms with Gasteiger partial charge in [0, 0.05) is 122 Å². The summed E-state index contributed by atoms with van der Waals surface area (Å²) in [6, 6.07) is 42.1. The highest BCUT2D eigenvalue weighted by molar-refractivity contribution is 6.34. The number of nitrogens with zero attached hydrogens (tertiary/aromatic N) is 22. The molecule has 0 radical (unpaired) electrons. The Bertz CT molecular complexity index is 7240. The fourth-order valence-corrected chi connectivity index (χ4v) is 19.1. The number of hydrogen-bond acceptors (Lipinski definition) is 23. The third-order valence-electron chi connectivity index (χ3n) is 24.6. The predicted octanol–water partition coefficient (Wildman–Crippen LogP) is 15.2. The van der Waals surface area contributed by atoms with Crippen molar-refractivity contribution in [1.29, 1.82) is 0 Å². The quantitative estimate of drug-likeness (QED) is 0.0322. The standard InChI is InChI=1S/C28H23ClFN5O3.C20H21ClFN5O.C17H15FN2O2.C12H13ClN4O2.C12H14N4O2.C10H9ClN4O2.ClH/c29-22-15-31-35-10-4-9-34-24(26(22)35)14-23(32-34)25(36)13-18(11-17-5-3-6-19(30)12-17)16-33-27(37)20-7-1-2-8-21(20)28(33)38;21-16-12-24-27-6-2-5-26-18(20(16)27)10-17(25-26)19(28)9-14(11-23)7-13-3-1-4-15(22)8-13;18-12-5-3-4-11(8-12)9-13(19)10-20-16(21)14-6-1-2-7-15(14)17(20)22;1-2-19-12(18)9-6-10-11-8(13)7-14-17(11)5-3-4-16(10)15-9;1-2-18-12(17)9-8-11-10-4-5-13-15(10)6-3-7-16(11)14-9;11-6-5-12-15-3-1-2-14-8(9(6)15)4-7(13-14)10(16)17;/h1-3,5-8,12,14-15,18H,4,9-11,13,16H2;1,3-4,8,10,12,14H,2,5-7,9,11,23H2;1-8,13H,9-10,19H2;6-7H,2-5H2,1H3;4-5,8H,2-3,6-7H2,1H3;4-5H,1-3H2,(H,16,17);1H/t18-;14-;13-;;;;/m110..../s1. The van der Waals surface area contributed by atoms with Gasteiger partial charge in [0.25, 0.3) is 23.6 Å². The number of amides is 4. The molecule has 143 heavy (non-hydrogen) atoms. The van der Waals surface area contributed by atoms with Crippen LogP contribution in [0, 0.1) is 29.3 Å². The third-order valence-corrected chi connectivity index (χ3v) is 25.7. The van der Waals surface area contributed by atoms with Crippen LogP contribution in [0.5, 0.6) is 0 Å². The summed E-state index contributed by atoms with van der Waals surface area (Å²) in [7, 11) is 0. The van der Waals surface area contributed by atoms with Crippen LogP contribution in [-0.4, -0.2) is 205 Å². The summed E-state index contributed by atoms with van der Waals surface area (Å²) in [5, 5.41) is 54.1. The Labute approximate surface area is 841 Å². The van der Waals surface area contributed by atoms with Gasteiger partial charge in [0.15, 0.2) is 28.6 Å². The number of aromatic carboxylic acids is 1. The number of halogens is 8. The van der Waals surface area contributed by atoms with Crippen LogP contribution in [0.4, 0.5) is 13.2 Å². The number of benzene rings is 5. The van der Waals surface area contributed by atoms with Gasteiger partial charge in [-0.05, 0) is 179 Å². The van der Waals surface area contributed by atoms with Crippen molar-refractivity contribution < 1.29 is 70.9 Å². The summed E-state index contributed by atoms with van der Waals surface area (Å²) in [5.74, 6) is -5.08. The van der Waals surface area contributed by atoms with Crippen LogP contribution in [-0.2, 0) is 94.2 Å². The smallest absolute Gasteiger partial charge is 0.358 e. The fourth-order valence-electron chi connectivity index (χ4n) is 18.1. The summed E-state index contributed by atoms with van der Waals surface area (Å²) < 4.78 is 68.6. The molecule has 0 saturated carbocycles. The molecule has 17 heterocycles. The highest BCUT2D eigenvalue weighted by Gasteiger charge is 2.40. The molecule has 0 fully saturated rings. The number of rotatable bonds is 22. The van der Waals surface area contributed by atoms with Gasteiger partial charge in [0.1, 0.15) is 51.6 Å². The van der Waals surface area contributed by atoms with Crippen molar-refractivity contribution >= 4 is 112 Å². The number of imide groups is 2. The first-order valence-electron chi connectivity index (χ1n) is 46.2. The van der Waals surface area contributed by atoms with Crippen molar-refractivity contribution in [2.24, 2.45) is 23.3 Å². The maximum Gasteiger partial charge on any atom is 0.358 e. The van der Waals surface area contributed by atoms with E-state index in [-0.39, 0.29) is 114 Å². The number of ether oxygens (including phenoxy) is 2. The molecule has 10 aromatic heterocycles. The summed E-state index contributed by atoms with van der Waals surface area (Å²) in [6.07, 6.45) is 14.0. The van der Waals surface area contributed by atoms with Crippen molar-refractivity contribution in [1.82, 2.24) is 108 Å². The van der Waals surface area contributed by atoms with E-state index in [0.717, 1.165) is 139 Å². The molecule has 22 rings (SSSR count). The van der Waals surface area contributed by atoms with E-state index >= 15 is 0 Å². The molecular formula is C99H96Cl5F3N24O12. The SMILES string of the molecule is CCOC(=O)c1cc2n(n1)CCCn1ncc(Cl)c1-2.CCOC(=O)c1cc2n(n1)CCCn1nccc1-2.Cl.NC[C@@H](CC(=O)c1cc2n(n1)CCCn1ncc(Cl)c1-2)Cc1cccc(F)c1.N[C@@H](Cc1cccc(F)c1)CN1C(=O)c2ccccc2C1=O.O=C(C[C@@H](Cc1cccc(F)c1)CN1C(=O)c2ccccc2C1=O)c1cc2n(n1)CCCn1ncc(Cl)c1-2.O=C(O)c1cc2n(n1)CCCn1ncc(Cl)c1-2. The summed E-state index contributed by atoms with van der Waals surface area (Å²) >= 11 is 24.9. The van der Waals surface area contributed by atoms with Crippen LogP contribution in [0.2, 0.25) is 20.1 Å². The van der Waals surface area contributed by atoms with Crippen LogP contribution in [0.1, 0.15) is 169 Å². The monoisotopic (exact) mass is 2040 g/mol. The zero-order chi connectivity index (χ0) is 99.7. The maximum absolute atomic E-state index is 13.9. The van der Waals surface area contributed by atoms with Gasteiger partial charge >= 0.3 is 17.9 Å². The summed E-state index contributed by atoms with van der Waals surface area (Å²) in [5.41, 5.74) is 25.1. The zero-order valence-electron chi connectivity index (χ0n) is 77.3. The number of esters is 2. The molecule has 740 valence electrons. The molecule has 0 unspecified atom stereocenters. The second-order valence-electron chi connectivity index (χ2n) is 34.4. The number of carboxylic acids is 1. The third kappa shape index (κ3) is 22.6. The largest absolute Gasteiger partial charge is 0.476 e. The Morgan fingerprint density at radius 3 is 1.06 bits per heavy atom. The number of aromatic nitrogens is 20. The fraction of sp³-hybridized carbons (Fsp3) is 0.303. The predicted molar refractivity (Wildman–Crippen MR) is 522 cm³/mol. The van der Waals surface area contributed by atoms with Crippen LogP contribution >= 0.6 is 58.8 Å². The molecule has 15 aromatic rings. The average Bonchev–Trinajstić information content (AvgIpc) is 1.64. The Morgan fingerprint density at radius 2 is 0.692 bits per heavy atom. The van der Waals surface area contributed by atoms with E-state index < -0.39 is 23.9 Å². The van der Waals surface area contributed by atoms with Gasteiger partial charge in [-0.25, -0.2) is 27.6 Å². The van der Waals surface area contributed by atoms with Crippen LogP contribution in [0.3, 0.4) is 0 Å². The topological polar surface area (TPSA) is 429 Å². The van der Waals surface area contributed by atoms with Gasteiger partial charge in [-0.1, -0.05) is 107 Å². The summed E-state index contributed by atoms with van der Waals surface area (Å²) in [6.45, 7) is 12.1.